The Bertz CT molecular complexity index is 1130. The number of methoxy groups -OCH3 is 1. The van der Waals surface area contributed by atoms with Crippen molar-refractivity contribution in [2.45, 2.75) is 6.61 Å². The molecular weight excluding hydrogens is 396 g/mol. The molecule has 0 saturated heterocycles. The van der Waals surface area contributed by atoms with Gasteiger partial charge in [0.05, 0.1) is 12.7 Å². The van der Waals surface area contributed by atoms with E-state index in [1.807, 2.05) is 54.6 Å². The van der Waals surface area contributed by atoms with Crippen molar-refractivity contribution >= 4 is 17.8 Å². The summed E-state index contributed by atoms with van der Waals surface area (Å²) >= 11 is 0. The molecular formula is C25H20O6. The van der Waals surface area contributed by atoms with Gasteiger partial charge in [0.1, 0.15) is 23.9 Å². The molecule has 0 bridgehead atoms. The highest BCUT2D eigenvalue weighted by atomic mass is 16.6. The van der Waals surface area contributed by atoms with E-state index in [0.29, 0.717) is 22.8 Å². The van der Waals surface area contributed by atoms with Gasteiger partial charge < -0.3 is 18.9 Å². The summed E-state index contributed by atoms with van der Waals surface area (Å²) in [5, 5.41) is 0. The van der Waals surface area contributed by atoms with E-state index < -0.39 is 5.97 Å². The van der Waals surface area contributed by atoms with E-state index in [9.17, 15) is 9.59 Å². The summed E-state index contributed by atoms with van der Waals surface area (Å²) in [6.07, 6.45) is 1.64. The van der Waals surface area contributed by atoms with Crippen LogP contribution >= 0.6 is 0 Å². The maximum atomic E-state index is 12.6. The van der Waals surface area contributed by atoms with Gasteiger partial charge in [0, 0.05) is 11.6 Å². The van der Waals surface area contributed by atoms with Crippen LogP contribution in [0.25, 0.3) is 6.08 Å². The van der Waals surface area contributed by atoms with Crippen LogP contribution in [0.5, 0.6) is 17.2 Å². The van der Waals surface area contributed by atoms with Crippen molar-refractivity contribution in [3.63, 3.8) is 0 Å². The van der Waals surface area contributed by atoms with Crippen molar-refractivity contribution in [3.8, 4) is 17.2 Å². The second-order valence-corrected chi connectivity index (χ2v) is 6.77. The minimum Gasteiger partial charge on any atom is -0.496 e. The Morgan fingerprint density at radius 3 is 2.58 bits per heavy atom. The Hall–Kier alpha value is -4.06. The highest BCUT2D eigenvalue weighted by Gasteiger charge is 2.28. The second kappa shape index (κ2) is 9.17. The molecule has 3 aromatic carbocycles. The zero-order chi connectivity index (χ0) is 21.6. The van der Waals surface area contributed by atoms with E-state index in [1.165, 1.54) is 0 Å². The number of ketones is 1. The molecule has 0 aliphatic carbocycles. The summed E-state index contributed by atoms with van der Waals surface area (Å²) in [6, 6.07) is 21.6. The topological polar surface area (TPSA) is 71.1 Å². The number of allylic oxidation sites excluding steroid dienone is 1. The van der Waals surface area contributed by atoms with Gasteiger partial charge >= 0.3 is 5.97 Å². The van der Waals surface area contributed by atoms with Crippen molar-refractivity contribution < 1.29 is 28.5 Å². The first kappa shape index (κ1) is 20.2. The Kier molecular flexibility index (Phi) is 5.98. The van der Waals surface area contributed by atoms with Crippen LogP contribution in [0.4, 0.5) is 0 Å². The monoisotopic (exact) mass is 416 g/mol. The van der Waals surface area contributed by atoms with Crippen LogP contribution in [0.3, 0.4) is 0 Å². The normalized spacial score (nSPS) is 13.5. The summed E-state index contributed by atoms with van der Waals surface area (Å²) in [4.78, 5) is 24.6. The molecule has 0 N–H and O–H groups in total. The Labute approximate surface area is 179 Å². The maximum absolute atomic E-state index is 12.6. The largest absolute Gasteiger partial charge is 0.496 e. The third-order valence-electron chi connectivity index (χ3n) is 4.67. The van der Waals surface area contributed by atoms with Crippen LogP contribution < -0.4 is 14.2 Å². The minimum absolute atomic E-state index is 0.182. The number of esters is 1. The fourth-order valence-corrected chi connectivity index (χ4v) is 3.11. The maximum Gasteiger partial charge on any atom is 0.344 e. The highest BCUT2D eigenvalue weighted by Crippen LogP contribution is 2.35. The van der Waals surface area contributed by atoms with E-state index in [2.05, 4.69) is 0 Å². The van der Waals surface area contributed by atoms with E-state index in [0.717, 1.165) is 11.1 Å². The summed E-state index contributed by atoms with van der Waals surface area (Å²) in [5.41, 5.74) is 2.06. The van der Waals surface area contributed by atoms with Gasteiger partial charge in [-0.05, 0) is 29.8 Å². The molecule has 1 heterocycles. The lowest BCUT2D eigenvalue weighted by atomic mass is 10.1. The first-order valence-electron chi connectivity index (χ1n) is 9.67. The smallest absolute Gasteiger partial charge is 0.344 e. The number of Topliss-reactive ketones (excluding diaryl/α,β-unsaturated/α-hetero) is 1. The number of carbonyl (C=O) groups is 2. The Morgan fingerprint density at radius 1 is 1.00 bits per heavy atom. The summed E-state index contributed by atoms with van der Waals surface area (Å²) in [7, 11) is 1.57. The zero-order valence-corrected chi connectivity index (χ0v) is 16.9. The highest BCUT2D eigenvalue weighted by molar-refractivity contribution is 6.14. The Balaban J connectivity index is 1.39. The van der Waals surface area contributed by atoms with Gasteiger partial charge in [0.2, 0.25) is 5.78 Å². The van der Waals surface area contributed by atoms with Gasteiger partial charge in [0.15, 0.2) is 12.4 Å². The van der Waals surface area contributed by atoms with Crippen molar-refractivity contribution in [1.29, 1.82) is 0 Å². The Morgan fingerprint density at radius 2 is 1.77 bits per heavy atom. The lowest BCUT2D eigenvalue weighted by Gasteiger charge is -2.08. The molecule has 0 spiro atoms. The average molecular weight is 416 g/mol. The van der Waals surface area contributed by atoms with Gasteiger partial charge in [-0.3, -0.25) is 4.79 Å². The average Bonchev–Trinajstić information content (AvgIpc) is 3.12. The molecule has 6 heteroatoms. The fourth-order valence-electron chi connectivity index (χ4n) is 3.11. The predicted octanol–water partition coefficient (Wildman–Crippen LogP) is 4.43. The third-order valence-corrected chi connectivity index (χ3v) is 4.67. The van der Waals surface area contributed by atoms with Gasteiger partial charge in [-0.15, -0.1) is 0 Å². The molecule has 1 aliphatic heterocycles. The standard InChI is InChI=1S/C25H20O6/c1-28-21-10-6-5-9-18(21)13-23-25(27)20-12-11-19(14-22(20)31-23)29-16-24(26)30-15-17-7-3-2-4-8-17/h2-14H,15-16H2,1H3. The van der Waals surface area contributed by atoms with Crippen LogP contribution in [0.2, 0.25) is 0 Å². The third kappa shape index (κ3) is 4.75. The quantitative estimate of drug-likeness (QED) is 0.419. The molecule has 4 rings (SSSR count). The van der Waals surface area contributed by atoms with Crippen LogP contribution in [0.1, 0.15) is 21.5 Å². The van der Waals surface area contributed by atoms with E-state index in [4.69, 9.17) is 18.9 Å². The van der Waals surface area contributed by atoms with Crippen LogP contribution in [-0.4, -0.2) is 25.5 Å². The zero-order valence-electron chi connectivity index (χ0n) is 16.9. The first-order valence-corrected chi connectivity index (χ1v) is 9.67. The molecule has 0 saturated carbocycles. The van der Waals surface area contributed by atoms with Crippen LogP contribution in [-0.2, 0) is 16.1 Å². The number of hydrogen-bond donors (Lipinski definition) is 0. The van der Waals surface area contributed by atoms with Crippen molar-refractivity contribution in [1.82, 2.24) is 0 Å². The van der Waals surface area contributed by atoms with Gasteiger partial charge in [0.25, 0.3) is 0 Å². The number of carbonyl (C=O) groups excluding carboxylic acids is 2. The molecule has 31 heavy (non-hydrogen) atoms. The molecule has 0 atom stereocenters. The summed E-state index contributed by atoms with van der Waals surface area (Å²) in [5.74, 6) is 0.898. The van der Waals surface area contributed by atoms with E-state index in [1.54, 1.807) is 31.4 Å². The molecule has 3 aromatic rings. The van der Waals surface area contributed by atoms with Crippen molar-refractivity contribution in [2.75, 3.05) is 13.7 Å². The molecule has 0 unspecified atom stereocenters. The second-order valence-electron chi connectivity index (χ2n) is 6.77. The fraction of sp³-hybridized carbons (Fsp3) is 0.120. The number of ether oxygens (including phenoxy) is 4. The lowest BCUT2D eigenvalue weighted by Crippen LogP contribution is -2.14. The lowest BCUT2D eigenvalue weighted by molar-refractivity contribution is -0.147. The van der Waals surface area contributed by atoms with Gasteiger partial charge in [-0.25, -0.2) is 4.79 Å². The number of benzene rings is 3. The van der Waals surface area contributed by atoms with Gasteiger partial charge in [-0.2, -0.15) is 0 Å². The number of para-hydroxylation sites is 1. The van der Waals surface area contributed by atoms with E-state index in [-0.39, 0.29) is 24.8 Å². The number of fused-ring (bicyclic) bond motifs is 1. The molecule has 0 fully saturated rings. The minimum atomic E-state index is -0.488. The van der Waals surface area contributed by atoms with Crippen LogP contribution in [0, 0.1) is 0 Å². The molecule has 0 amide bonds. The van der Waals surface area contributed by atoms with E-state index >= 15 is 0 Å². The molecule has 1 aliphatic rings. The predicted molar refractivity (Wildman–Crippen MR) is 114 cm³/mol. The number of hydrogen-bond acceptors (Lipinski definition) is 6. The summed E-state index contributed by atoms with van der Waals surface area (Å²) < 4.78 is 21.7. The SMILES string of the molecule is COc1ccccc1C=C1Oc2cc(OCC(=O)OCc3ccccc3)ccc2C1=O. The van der Waals surface area contributed by atoms with Crippen molar-refractivity contribution in [3.05, 3.63) is 95.2 Å². The molecule has 0 radical (unpaired) electrons. The molecule has 156 valence electrons. The van der Waals surface area contributed by atoms with Crippen LogP contribution in [0.15, 0.2) is 78.6 Å². The summed E-state index contributed by atoms with van der Waals surface area (Å²) in [6.45, 7) is -0.0641. The first-order chi connectivity index (χ1) is 15.1. The molecule has 6 nitrogen and oxygen atoms in total. The molecule has 0 aromatic heterocycles. The van der Waals surface area contributed by atoms with Gasteiger partial charge in [-0.1, -0.05) is 48.5 Å². The number of rotatable bonds is 7. The van der Waals surface area contributed by atoms with Crippen molar-refractivity contribution in [2.24, 2.45) is 0 Å².